The Hall–Kier alpha value is -0.380. The third-order valence-electron chi connectivity index (χ3n) is 3.16. The van der Waals surface area contributed by atoms with E-state index in [9.17, 15) is 5.11 Å². The molecule has 0 saturated heterocycles. The number of rotatable bonds is 6. The highest BCUT2D eigenvalue weighted by Gasteiger charge is 2.16. The largest absolute Gasteiger partial charge is 0.386 e. The number of aliphatic hydroxyl groups excluding tert-OH is 1. The summed E-state index contributed by atoms with van der Waals surface area (Å²) in [6.45, 7) is 1.74. The summed E-state index contributed by atoms with van der Waals surface area (Å²) >= 11 is 1.62. The monoisotopic (exact) mass is 225 g/mol. The van der Waals surface area contributed by atoms with Crippen LogP contribution in [-0.2, 0) is 0 Å². The predicted octanol–water partition coefficient (Wildman–Crippen LogP) is 2.56. The van der Waals surface area contributed by atoms with Crippen molar-refractivity contribution in [1.82, 2.24) is 5.32 Å². The van der Waals surface area contributed by atoms with Gasteiger partial charge in [-0.05, 0) is 30.3 Å². The van der Waals surface area contributed by atoms with Crippen molar-refractivity contribution >= 4 is 11.3 Å². The van der Waals surface area contributed by atoms with E-state index in [1.165, 1.54) is 25.7 Å². The molecule has 0 spiro atoms. The molecule has 1 aromatic heterocycles. The molecular formula is C12H19NOS. The van der Waals surface area contributed by atoms with Gasteiger partial charge in [0, 0.05) is 11.4 Å². The maximum atomic E-state index is 9.79. The number of hydrogen-bond acceptors (Lipinski definition) is 3. The first-order valence-electron chi connectivity index (χ1n) is 5.78. The fraction of sp³-hybridized carbons (Fsp3) is 0.667. The quantitative estimate of drug-likeness (QED) is 0.729. The van der Waals surface area contributed by atoms with E-state index in [1.54, 1.807) is 11.3 Å². The molecule has 1 unspecified atom stereocenters. The molecule has 0 aromatic carbocycles. The van der Waals surface area contributed by atoms with Gasteiger partial charge in [-0.15, -0.1) is 11.3 Å². The molecular weight excluding hydrogens is 206 g/mol. The predicted molar refractivity (Wildman–Crippen MR) is 64.1 cm³/mol. The summed E-state index contributed by atoms with van der Waals surface area (Å²) in [5.74, 6) is 0.955. The van der Waals surface area contributed by atoms with Gasteiger partial charge in [0.05, 0.1) is 0 Å². The SMILES string of the molecule is OC(CNCCC1CCC1)c1cccs1. The summed E-state index contributed by atoms with van der Waals surface area (Å²) in [7, 11) is 0. The van der Waals surface area contributed by atoms with Crippen molar-refractivity contribution in [2.45, 2.75) is 31.8 Å². The van der Waals surface area contributed by atoms with Crippen LogP contribution in [0.2, 0.25) is 0 Å². The second-order valence-electron chi connectivity index (χ2n) is 4.32. The molecule has 1 atom stereocenters. The lowest BCUT2D eigenvalue weighted by molar-refractivity contribution is 0.176. The van der Waals surface area contributed by atoms with E-state index in [1.807, 2.05) is 17.5 Å². The van der Waals surface area contributed by atoms with Crippen LogP contribution in [0.4, 0.5) is 0 Å². The molecule has 0 bridgehead atoms. The molecule has 84 valence electrons. The second kappa shape index (κ2) is 5.64. The normalized spacial score (nSPS) is 18.7. The van der Waals surface area contributed by atoms with Gasteiger partial charge >= 0.3 is 0 Å². The van der Waals surface area contributed by atoms with Crippen LogP contribution >= 0.6 is 11.3 Å². The highest BCUT2D eigenvalue weighted by atomic mass is 32.1. The standard InChI is InChI=1S/C12H19NOS/c14-11(12-5-2-8-15-12)9-13-7-6-10-3-1-4-10/h2,5,8,10-11,13-14H,1,3-4,6-7,9H2. The van der Waals surface area contributed by atoms with Gasteiger partial charge in [0.1, 0.15) is 6.10 Å². The van der Waals surface area contributed by atoms with Crippen LogP contribution in [-0.4, -0.2) is 18.2 Å². The first-order chi connectivity index (χ1) is 7.36. The molecule has 0 radical (unpaired) electrons. The summed E-state index contributed by atoms with van der Waals surface area (Å²) in [4.78, 5) is 1.06. The van der Waals surface area contributed by atoms with Crippen molar-refractivity contribution in [3.8, 4) is 0 Å². The Bertz CT molecular complexity index is 269. The lowest BCUT2D eigenvalue weighted by Crippen LogP contribution is -2.25. The first kappa shape index (κ1) is 11.1. The molecule has 0 aliphatic heterocycles. The Labute approximate surface area is 95.3 Å². The van der Waals surface area contributed by atoms with E-state index in [-0.39, 0.29) is 6.10 Å². The van der Waals surface area contributed by atoms with Crippen molar-refractivity contribution in [2.75, 3.05) is 13.1 Å². The number of hydrogen-bond donors (Lipinski definition) is 2. The number of thiophene rings is 1. The van der Waals surface area contributed by atoms with Crippen LogP contribution in [0, 0.1) is 5.92 Å². The average Bonchev–Trinajstić information content (AvgIpc) is 2.67. The van der Waals surface area contributed by atoms with Crippen LogP contribution in [0.25, 0.3) is 0 Å². The summed E-state index contributed by atoms with van der Waals surface area (Å²) in [5.41, 5.74) is 0. The van der Waals surface area contributed by atoms with Crippen LogP contribution in [0.1, 0.15) is 36.7 Å². The van der Waals surface area contributed by atoms with Crippen molar-refractivity contribution in [3.05, 3.63) is 22.4 Å². The minimum Gasteiger partial charge on any atom is -0.386 e. The van der Waals surface area contributed by atoms with E-state index in [2.05, 4.69) is 5.32 Å². The van der Waals surface area contributed by atoms with Gasteiger partial charge in [-0.25, -0.2) is 0 Å². The number of aliphatic hydroxyl groups is 1. The van der Waals surface area contributed by atoms with Gasteiger partial charge in [-0.1, -0.05) is 25.3 Å². The van der Waals surface area contributed by atoms with Crippen LogP contribution in [0.15, 0.2) is 17.5 Å². The molecule has 2 rings (SSSR count). The zero-order chi connectivity index (χ0) is 10.5. The van der Waals surface area contributed by atoms with Gasteiger partial charge < -0.3 is 10.4 Å². The lowest BCUT2D eigenvalue weighted by Gasteiger charge is -2.25. The van der Waals surface area contributed by atoms with E-state index < -0.39 is 0 Å². The van der Waals surface area contributed by atoms with Crippen molar-refractivity contribution in [3.63, 3.8) is 0 Å². The van der Waals surface area contributed by atoms with Crippen molar-refractivity contribution in [2.24, 2.45) is 5.92 Å². The Morgan fingerprint density at radius 3 is 3.00 bits per heavy atom. The van der Waals surface area contributed by atoms with Gasteiger partial charge in [0.15, 0.2) is 0 Å². The van der Waals surface area contributed by atoms with Gasteiger partial charge in [-0.3, -0.25) is 0 Å². The highest BCUT2D eigenvalue weighted by molar-refractivity contribution is 7.10. The molecule has 1 aromatic rings. The van der Waals surface area contributed by atoms with E-state index in [0.717, 1.165) is 17.3 Å². The highest BCUT2D eigenvalue weighted by Crippen LogP contribution is 2.28. The summed E-state index contributed by atoms with van der Waals surface area (Å²) in [6, 6.07) is 3.97. The van der Waals surface area contributed by atoms with E-state index in [0.29, 0.717) is 6.54 Å². The summed E-state index contributed by atoms with van der Waals surface area (Å²) < 4.78 is 0. The molecule has 3 heteroatoms. The Balaban J connectivity index is 1.57. The van der Waals surface area contributed by atoms with Gasteiger partial charge in [0.25, 0.3) is 0 Å². The third kappa shape index (κ3) is 3.30. The molecule has 1 aliphatic rings. The van der Waals surface area contributed by atoms with Crippen LogP contribution in [0.3, 0.4) is 0 Å². The minimum absolute atomic E-state index is 0.327. The zero-order valence-corrected chi connectivity index (χ0v) is 9.80. The maximum absolute atomic E-state index is 9.79. The Morgan fingerprint density at radius 1 is 1.53 bits per heavy atom. The van der Waals surface area contributed by atoms with Gasteiger partial charge in [-0.2, -0.15) is 0 Å². The van der Waals surface area contributed by atoms with Crippen molar-refractivity contribution in [1.29, 1.82) is 0 Å². The fourth-order valence-corrected chi connectivity index (χ4v) is 2.62. The summed E-state index contributed by atoms with van der Waals surface area (Å²) in [5, 5.41) is 15.1. The topological polar surface area (TPSA) is 32.3 Å². The summed E-state index contributed by atoms with van der Waals surface area (Å²) in [6.07, 6.45) is 5.19. The lowest BCUT2D eigenvalue weighted by atomic mass is 9.83. The molecule has 15 heavy (non-hydrogen) atoms. The van der Waals surface area contributed by atoms with Crippen LogP contribution in [0.5, 0.6) is 0 Å². The first-order valence-corrected chi connectivity index (χ1v) is 6.66. The Morgan fingerprint density at radius 2 is 2.40 bits per heavy atom. The van der Waals surface area contributed by atoms with Gasteiger partial charge in [0.2, 0.25) is 0 Å². The second-order valence-corrected chi connectivity index (χ2v) is 5.30. The van der Waals surface area contributed by atoms with Crippen LogP contribution < -0.4 is 5.32 Å². The fourth-order valence-electron chi connectivity index (χ4n) is 1.91. The number of nitrogens with one attached hydrogen (secondary N) is 1. The van der Waals surface area contributed by atoms with E-state index in [4.69, 9.17) is 0 Å². The molecule has 1 heterocycles. The third-order valence-corrected chi connectivity index (χ3v) is 4.14. The molecule has 2 nitrogen and oxygen atoms in total. The molecule has 0 amide bonds. The average molecular weight is 225 g/mol. The minimum atomic E-state index is -0.327. The Kier molecular flexibility index (Phi) is 4.18. The van der Waals surface area contributed by atoms with Crippen molar-refractivity contribution < 1.29 is 5.11 Å². The maximum Gasteiger partial charge on any atom is 0.101 e. The smallest absolute Gasteiger partial charge is 0.101 e. The zero-order valence-electron chi connectivity index (χ0n) is 8.98. The molecule has 1 fully saturated rings. The van der Waals surface area contributed by atoms with E-state index >= 15 is 0 Å². The molecule has 2 N–H and O–H groups in total. The molecule has 1 saturated carbocycles. The molecule has 1 aliphatic carbocycles.